The number of nitrogens with zero attached hydrogens (tertiary/aromatic N) is 2. The number of pyridine rings is 1. The second-order valence-corrected chi connectivity index (χ2v) is 4.14. The molecule has 0 atom stereocenters. The molecule has 2 aromatic rings. The lowest BCUT2D eigenvalue weighted by atomic mass is 10.3. The number of hydrogen-bond acceptors (Lipinski definition) is 6. The highest BCUT2D eigenvalue weighted by Crippen LogP contribution is 2.10. The van der Waals surface area contributed by atoms with Crippen LogP contribution in [0.4, 0.5) is 0 Å². The van der Waals surface area contributed by atoms with Crippen LogP contribution in [0.1, 0.15) is 6.42 Å². The van der Waals surface area contributed by atoms with Crippen molar-refractivity contribution in [3.8, 4) is 0 Å². The molecule has 2 aromatic heterocycles. The van der Waals surface area contributed by atoms with Gasteiger partial charge in [-0.2, -0.15) is 0 Å². The molecule has 7 nitrogen and oxygen atoms in total. The summed E-state index contributed by atoms with van der Waals surface area (Å²) in [4.78, 5) is 27.3. The predicted molar refractivity (Wildman–Crippen MR) is 64.8 cm³/mol. The Morgan fingerprint density at radius 3 is 2.89 bits per heavy atom. The Morgan fingerprint density at radius 2 is 2.11 bits per heavy atom. The molecule has 1 saturated heterocycles. The molecular weight excluding hydrogens is 252 g/mol. The fraction of sp³-hybridized carbons (Fsp3) is 0.417. The van der Waals surface area contributed by atoms with Crippen molar-refractivity contribution in [2.24, 2.45) is 0 Å². The molecule has 100 valence electrons. The Balaban J connectivity index is 1.97. The first kappa shape index (κ1) is 12.1. The van der Waals surface area contributed by atoms with Gasteiger partial charge in [0, 0.05) is 19.2 Å². The van der Waals surface area contributed by atoms with Gasteiger partial charge in [0.1, 0.15) is 5.39 Å². The largest absolute Gasteiger partial charge is 0.423 e. The first-order valence-electron chi connectivity index (χ1n) is 5.97. The topological polar surface area (TPSA) is 83.6 Å². The van der Waals surface area contributed by atoms with Crippen LogP contribution in [0.5, 0.6) is 0 Å². The van der Waals surface area contributed by atoms with Gasteiger partial charge in [-0.25, -0.2) is 14.6 Å². The molecule has 0 bridgehead atoms. The average molecular weight is 264 g/mol. The van der Waals surface area contributed by atoms with E-state index in [9.17, 15) is 9.59 Å². The molecule has 3 rings (SSSR count). The van der Waals surface area contributed by atoms with E-state index in [1.807, 2.05) is 0 Å². The van der Waals surface area contributed by atoms with Crippen LogP contribution in [0.3, 0.4) is 0 Å². The van der Waals surface area contributed by atoms with Crippen molar-refractivity contribution in [3.63, 3.8) is 0 Å². The van der Waals surface area contributed by atoms with Crippen LogP contribution >= 0.6 is 0 Å². The molecular formula is C12H12N2O5. The van der Waals surface area contributed by atoms with Crippen molar-refractivity contribution < 1.29 is 13.9 Å². The molecule has 1 aliphatic rings. The van der Waals surface area contributed by atoms with E-state index in [1.54, 1.807) is 12.1 Å². The molecule has 0 unspecified atom stereocenters. The van der Waals surface area contributed by atoms with E-state index in [-0.39, 0.29) is 11.7 Å². The molecule has 0 radical (unpaired) electrons. The minimum absolute atomic E-state index is 0.287. The number of aryl methyl sites for hydroxylation is 1. The van der Waals surface area contributed by atoms with Crippen molar-refractivity contribution >= 4 is 11.0 Å². The molecule has 0 spiro atoms. The lowest BCUT2D eigenvalue weighted by molar-refractivity contribution is -0.0492. The second kappa shape index (κ2) is 4.94. The van der Waals surface area contributed by atoms with Crippen molar-refractivity contribution in [2.75, 3.05) is 13.2 Å². The Morgan fingerprint density at radius 1 is 1.32 bits per heavy atom. The van der Waals surface area contributed by atoms with E-state index in [1.165, 1.54) is 10.8 Å². The summed E-state index contributed by atoms with van der Waals surface area (Å²) in [5, 5.41) is 0.287. The van der Waals surface area contributed by atoms with E-state index in [0.29, 0.717) is 31.8 Å². The fourth-order valence-electron chi connectivity index (χ4n) is 2.05. The number of ether oxygens (including phenoxy) is 2. The molecule has 1 aliphatic heterocycles. The zero-order chi connectivity index (χ0) is 13.2. The van der Waals surface area contributed by atoms with Gasteiger partial charge in [-0.05, 0) is 12.1 Å². The summed E-state index contributed by atoms with van der Waals surface area (Å²) in [7, 11) is 0. The third kappa shape index (κ3) is 2.29. The van der Waals surface area contributed by atoms with Gasteiger partial charge in [0.25, 0.3) is 0 Å². The zero-order valence-corrected chi connectivity index (χ0v) is 10.1. The van der Waals surface area contributed by atoms with Crippen LogP contribution in [-0.4, -0.2) is 29.1 Å². The summed E-state index contributed by atoms with van der Waals surface area (Å²) < 4.78 is 16.6. The van der Waals surface area contributed by atoms with Gasteiger partial charge in [0.05, 0.1) is 13.2 Å². The summed E-state index contributed by atoms with van der Waals surface area (Å²) >= 11 is 0. The quantitative estimate of drug-likeness (QED) is 0.782. The highest BCUT2D eigenvalue weighted by molar-refractivity contribution is 5.72. The van der Waals surface area contributed by atoms with Gasteiger partial charge < -0.3 is 13.9 Å². The SMILES string of the molecule is O=c1oc(=O)n(CCC2OCCO2)c2ncccc12. The van der Waals surface area contributed by atoms with Gasteiger partial charge in [0.15, 0.2) is 11.9 Å². The molecule has 1 fully saturated rings. The number of aromatic nitrogens is 2. The molecule has 7 heteroatoms. The zero-order valence-electron chi connectivity index (χ0n) is 10.1. The van der Waals surface area contributed by atoms with Crippen molar-refractivity contribution in [2.45, 2.75) is 19.3 Å². The molecule has 0 aromatic carbocycles. The smallest absolute Gasteiger partial charge is 0.372 e. The van der Waals surface area contributed by atoms with Crippen LogP contribution in [0.2, 0.25) is 0 Å². The normalized spacial score (nSPS) is 16.2. The number of fused-ring (bicyclic) bond motifs is 1. The molecule has 0 aliphatic carbocycles. The molecule has 19 heavy (non-hydrogen) atoms. The van der Waals surface area contributed by atoms with E-state index < -0.39 is 11.4 Å². The molecule has 3 heterocycles. The van der Waals surface area contributed by atoms with Gasteiger partial charge in [-0.1, -0.05) is 0 Å². The maximum absolute atomic E-state index is 11.7. The third-order valence-corrected chi connectivity index (χ3v) is 2.94. The summed E-state index contributed by atoms with van der Waals surface area (Å²) in [6.45, 7) is 1.44. The summed E-state index contributed by atoms with van der Waals surface area (Å²) in [5.41, 5.74) is -0.348. The van der Waals surface area contributed by atoms with Crippen LogP contribution < -0.4 is 11.4 Å². The van der Waals surface area contributed by atoms with Gasteiger partial charge in [-0.3, -0.25) is 4.57 Å². The van der Waals surface area contributed by atoms with Crippen LogP contribution in [-0.2, 0) is 16.0 Å². The number of hydrogen-bond donors (Lipinski definition) is 0. The summed E-state index contributed by atoms with van der Waals surface area (Å²) in [5.74, 6) is -0.714. The average Bonchev–Trinajstić information content (AvgIpc) is 2.92. The minimum Gasteiger partial charge on any atom is -0.372 e. The first-order chi connectivity index (χ1) is 9.25. The highest BCUT2D eigenvalue weighted by Gasteiger charge is 2.17. The van der Waals surface area contributed by atoms with Gasteiger partial charge in [0.2, 0.25) is 0 Å². The Labute approximate surface area is 107 Å². The summed E-state index contributed by atoms with van der Waals surface area (Å²) in [6, 6.07) is 3.20. The number of rotatable bonds is 3. The monoisotopic (exact) mass is 264 g/mol. The van der Waals surface area contributed by atoms with E-state index in [2.05, 4.69) is 9.40 Å². The lowest BCUT2D eigenvalue weighted by Gasteiger charge is -2.10. The molecule has 0 saturated carbocycles. The fourth-order valence-corrected chi connectivity index (χ4v) is 2.05. The lowest BCUT2D eigenvalue weighted by Crippen LogP contribution is -2.27. The van der Waals surface area contributed by atoms with E-state index in [4.69, 9.17) is 9.47 Å². The molecule has 0 amide bonds. The minimum atomic E-state index is -0.714. The van der Waals surface area contributed by atoms with Crippen LogP contribution in [0.25, 0.3) is 11.0 Å². The summed E-state index contributed by atoms with van der Waals surface area (Å²) in [6.07, 6.45) is 1.71. The molecule has 0 N–H and O–H groups in total. The van der Waals surface area contributed by atoms with Crippen LogP contribution in [0.15, 0.2) is 32.3 Å². The van der Waals surface area contributed by atoms with E-state index in [0.717, 1.165) is 0 Å². The predicted octanol–water partition coefficient (Wildman–Crippen LogP) is 0.113. The van der Waals surface area contributed by atoms with Gasteiger partial charge >= 0.3 is 11.4 Å². The maximum atomic E-state index is 11.7. The van der Waals surface area contributed by atoms with Gasteiger partial charge in [-0.15, -0.1) is 0 Å². The van der Waals surface area contributed by atoms with Crippen molar-refractivity contribution in [1.82, 2.24) is 9.55 Å². The van der Waals surface area contributed by atoms with Crippen molar-refractivity contribution in [1.29, 1.82) is 0 Å². The Hall–Kier alpha value is -1.99. The Bertz CT molecular complexity index is 699. The maximum Gasteiger partial charge on any atom is 0.423 e. The standard InChI is InChI=1S/C12H12N2O5/c15-11-8-2-1-4-13-10(8)14(12(16)19-11)5-3-9-17-6-7-18-9/h1-2,4,9H,3,5-7H2. The highest BCUT2D eigenvalue weighted by atomic mass is 16.7. The third-order valence-electron chi connectivity index (χ3n) is 2.94. The first-order valence-corrected chi connectivity index (χ1v) is 5.97. The Kier molecular flexibility index (Phi) is 3.14. The van der Waals surface area contributed by atoms with Crippen molar-refractivity contribution in [3.05, 3.63) is 39.3 Å². The van der Waals surface area contributed by atoms with E-state index >= 15 is 0 Å². The van der Waals surface area contributed by atoms with Crippen LogP contribution in [0, 0.1) is 0 Å². The second-order valence-electron chi connectivity index (χ2n) is 4.14.